The third-order valence-corrected chi connectivity index (χ3v) is 6.72. The number of alkyl halides is 3. The zero-order valence-corrected chi connectivity index (χ0v) is 19.6. The van der Waals surface area contributed by atoms with E-state index in [1.807, 2.05) is 0 Å². The number of ether oxygens (including phenoxy) is 2. The van der Waals surface area contributed by atoms with Crippen LogP contribution in [0.15, 0.2) is 46.2 Å². The van der Waals surface area contributed by atoms with E-state index in [2.05, 4.69) is 0 Å². The summed E-state index contributed by atoms with van der Waals surface area (Å²) in [6, 6.07) is 6.98. The molecule has 2 aromatic rings. The lowest BCUT2D eigenvalue weighted by atomic mass is 10.2. The molecule has 34 heavy (non-hydrogen) atoms. The molecule has 0 aliphatic carbocycles. The van der Waals surface area contributed by atoms with Crippen molar-refractivity contribution in [1.29, 1.82) is 0 Å². The van der Waals surface area contributed by atoms with Crippen LogP contribution in [0.1, 0.15) is 25.0 Å². The number of rotatable bonds is 9. The number of esters is 2. The summed E-state index contributed by atoms with van der Waals surface area (Å²) in [5, 5.41) is 0. The molecule has 0 bridgehead atoms. The van der Waals surface area contributed by atoms with Crippen LogP contribution in [0.25, 0.3) is 0 Å². The summed E-state index contributed by atoms with van der Waals surface area (Å²) in [5.74, 6) is -1.09. The Kier molecular flexibility index (Phi) is 8.54. The summed E-state index contributed by atoms with van der Waals surface area (Å²) >= 11 is 0. The minimum Gasteiger partial charge on any atom is -0.464 e. The Morgan fingerprint density at radius 3 is 2.06 bits per heavy atom. The van der Waals surface area contributed by atoms with Gasteiger partial charge in [0.15, 0.2) is 0 Å². The maximum Gasteiger partial charge on any atom is 0.418 e. The van der Waals surface area contributed by atoms with Crippen molar-refractivity contribution in [1.82, 2.24) is 0 Å². The zero-order valence-electron chi connectivity index (χ0n) is 18.8. The van der Waals surface area contributed by atoms with E-state index in [1.54, 1.807) is 6.07 Å². The Labute approximate surface area is 195 Å². The highest BCUT2D eigenvalue weighted by Crippen LogP contribution is 2.38. The second kappa shape index (κ2) is 10.8. The van der Waals surface area contributed by atoms with E-state index >= 15 is 0 Å². The molecule has 0 saturated carbocycles. The van der Waals surface area contributed by atoms with Crippen molar-refractivity contribution in [3.8, 4) is 0 Å². The monoisotopic (exact) mass is 502 g/mol. The molecule has 0 amide bonds. The molecule has 0 fully saturated rings. The molecular weight excluding hydrogens is 477 g/mol. The van der Waals surface area contributed by atoms with Gasteiger partial charge in [-0.1, -0.05) is 12.1 Å². The molecule has 12 heteroatoms. The lowest BCUT2D eigenvalue weighted by Crippen LogP contribution is -2.33. The largest absolute Gasteiger partial charge is 0.464 e. The fraction of sp³-hybridized carbons (Fsp3) is 0.364. The van der Waals surface area contributed by atoms with E-state index < -0.39 is 44.1 Å². The van der Waals surface area contributed by atoms with Gasteiger partial charge in [-0.05, 0) is 36.8 Å². The summed E-state index contributed by atoms with van der Waals surface area (Å²) in [5.41, 5.74) is 4.00. The number of hydrogen-bond acceptors (Lipinski definition) is 8. The van der Waals surface area contributed by atoms with Crippen molar-refractivity contribution in [2.45, 2.75) is 36.7 Å². The summed E-state index contributed by atoms with van der Waals surface area (Å²) in [6.07, 6.45) is -4.84. The normalized spacial score (nSPS) is 11.7. The number of sulfone groups is 1. The maximum absolute atomic E-state index is 13.5. The molecule has 0 radical (unpaired) electrons. The molecule has 2 aromatic carbocycles. The van der Waals surface area contributed by atoms with Crippen LogP contribution in [0, 0.1) is 6.92 Å². The number of nitrogens with zero attached hydrogens (tertiary/aromatic N) is 1. The predicted octanol–water partition coefficient (Wildman–Crippen LogP) is 3.36. The van der Waals surface area contributed by atoms with Crippen LogP contribution in [0.5, 0.6) is 0 Å². The van der Waals surface area contributed by atoms with Gasteiger partial charge in [0.2, 0.25) is 9.84 Å². The van der Waals surface area contributed by atoms with Gasteiger partial charge in [-0.25, -0.2) is 8.42 Å². The lowest BCUT2D eigenvalue weighted by molar-refractivity contribution is -0.141. The summed E-state index contributed by atoms with van der Waals surface area (Å²) in [4.78, 5) is 23.0. The van der Waals surface area contributed by atoms with Crippen LogP contribution in [-0.4, -0.2) is 46.7 Å². The Morgan fingerprint density at radius 1 is 1.00 bits per heavy atom. The van der Waals surface area contributed by atoms with E-state index in [-0.39, 0.29) is 42.4 Å². The van der Waals surface area contributed by atoms with Gasteiger partial charge >= 0.3 is 18.1 Å². The van der Waals surface area contributed by atoms with Gasteiger partial charge in [-0.3, -0.25) is 9.59 Å². The van der Waals surface area contributed by atoms with Gasteiger partial charge in [-0.15, -0.1) is 0 Å². The van der Waals surface area contributed by atoms with Crippen molar-refractivity contribution in [2.24, 2.45) is 0 Å². The van der Waals surface area contributed by atoms with E-state index in [9.17, 15) is 31.2 Å². The van der Waals surface area contributed by atoms with E-state index in [1.165, 1.54) is 37.8 Å². The number of aryl methyl sites for hydroxylation is 1. The number of nitrogen functional groups attached to an aromatic ring is 1. The number of anilines is 2. The topological polar surface area (TPSA) is 116 Å². The quantitative estimate of drug-likeness (QED) is 0.410. The van der Waals surface area contributed by atoms with Crippen molar-refractivity contribution in [2.75, 3.05) is 36.9 Å². The molecule has 8 nitrogen and oxygen atoms in total. The molecule has 0 saturated heterocycles. The van der Waals surface area contributed by atoms with Gasteiger partial charge in [0, 0.05) is 19.5 Å². The van der Waals surface area contributed by atoms with Crippen LogP contribution in [0.3, 0.4) is 0 Å². The molecule has 0 atom stereocenters. The number of carbonyl (C=O) groups is 2. The number of carbonyl (C=O) groups excluding carboxylic acids is 2. The molecule has 2 N–H and O–H groups in total. The molecular formula is C22H25F3N2O6S. The van der Waals surface area contributed by atoms with Crippen LogP contribution in [0.2, 0.25) is 0 Å². The van der Waals surface area contributed by atoms with Gasteiger partial charge in [0.05, 0.1) is 34.1 Å². The van der Waals surface area contributed by atoms with E-state index in [0.717, 1.165) is 12.1 Å². The van der Waals surface area contributed by atoms with Crippen molar-refractivity contribution in [3.63, 3.8) is 0 Å². The molecule has 2 rings (SSSR count). The fourth-order valence-electron chi connectivity index (χ4n) is 3.25. The lowest BCUT2D eigenvalue weighted by Gasteiger charge is -2.27. The van der Waals surface area contributed by atoms with Crippen LogP contribution in [0.4, 0.5) is 24.5 Å². The standard InChI is InChI=1S/C22H25F3N2O6S/c1-14-5-4-6-20(27(9-11-32-15(2)28)10-12-33-16(3)29)21(14)34(30,31)17-7-8-19(26)18(13-17)22(23,24)25/h4-8,13H,9-12,26H2,1-3H3. The Bertz CT molecular complexity index is 1150. The van der Waals surface area contributed by atoms with E-state index in [0.29, 0.717) is 6.07 Å². The van der Waals surface area contributed by atoms with Crippen LogP contribution in [-0.2, 0) is 35.1 Å². The average Bonchev–Trinajstić information content (AvgIpc) is 2.71. The molecule has 0 spiro atoms. The minimum absolute atomic E-state index is 0.0440. The highest BCUT2D eigenvalue weighted by atomic mass is 32.2. The van der Waals surface area contributed by atoms with Crippen LogP contribution < -0.4 is 10.6 Å². The second-order valence-electron chi connectivity index (χ2n) is 7.34. The van der Waals surface area contributed by atoms with Gasteiger partial charge in [0.1, 0.15) is 13.2 Å². The third-order valence-electron chi connectivity index (χ3n) is 4.77. The highest BCUT2D eigenvalue weighted by Gasteiger charge is 2.35. The maximum atomic E-state index is 13.5. The molecule has 0 aliphatic heterocycles. The molecule has 0 unspecified atom stereocenters. The first-order valence-electron chi connectivity index (χ1n) is 10.1. The Balaban J connectivity index is 2.59. The molecule has 0 heterocycles. The van der Waals surface area contributed by atoms with Crippen molar-refractivity contribution >= 4 is 33.2 Å². The van der Waals surface area contributed by atoms with Crippen molar-refractivity contribution in [3.05, 3.63) is 47.5 Å². The molecule has 186 valence electrons. The summed E-state index contributed by atoms with van der Waals surface area (Å²) in [6.45, 7) is 3.83. The summed E-state index contributed by atoms with van der Waals surface area (Å²) in [7, 11) is -4.44. The highest BCUT2D eigenvalue weighted by molar-refractivity contribution is 7.91. The molecule has 0 aromatic heterocycles. The van der Waals surface area contributed by atoms with Crippen molar-refractivity contribution < 1.29 is 40.7 Å². The number of nitrogens with two attached hydrogens (primary N) is 1. The average molecular weight is 503 g/mol. The number of halogens is 3. The minimum atomic E-state index is -4.84. The second-order valence-corrected chi connectivity index (χ2v) is 9.23. The van der Waals surface area contributed by atoms with Crippen LogP contribution >= 0.6 is 0 Å². The Morgan fingerprint density at radius 2 is 1.56 bits per heavy atom. The third kappa shape index (κ3) is 6.62. The number of benzene rings is 2. The fourth-order valence-corrected chi connectivity index (χ4v) is 4.97. The SMILES string of the molecule is CC(=O)OCCN(CCOC(C)=O)c1cccc(C)c1S(=O)(=O)c1ccc(N)c(C(F)(F)F)c1. The first-order chi connectivity index (χ1) is 15.7. The van der Waals surface area contributed by atoms with Gasteiger partial charge < -0.3 is 20.1 Å². The first kappa shape index (κ1) is 27.0. The molecule has 0 aliphatic rings. The predicted molar refractivity (Wildman–Crippen MR) is 118 cm³/mol. The Hall–Kier alpha value is -3.28. The summed E-state index contributed by atoms with van der Waals surface area (Å²) < 4.78 is 77.0. The zero-order chi connectivity index (χ0) is 25.7. The van der Waals surface area contributed by atoms with Gasteiger partial charge in [-0.2, -0.15) is 13.2 Å². The first-order valence-corrected chi connectivity index (χ1v) is 11.6. The number of hydrogen-bond donors (Lipinski definition) is 1. The smallest absolute Gasteiger partial charge is 0.418 e. The van der Waals surface area contributed by atoms with E-state index in [4.69, 9.17) is 15.2 Å². The van der Waals surface area contributed by atoms with Gasteiger partial charge in [0.25, 0.3) is 0 Å².